The summed E-state index contributed by atoms with van der Waals surface area (Å²) in [5.41, 5.74) is 0.321. The summed E-state index contributed by atoms with van der Waals surface area (Å²) in [4.78, 5) is 23.6. The maximum absolute atomic E-state index is 12.4. The van der Waals surface area contributed by atoms with Crippen LogP contribution in [0.15, 0.2) is 54.1 Å². The number of terminal acetylenes is 1. The Bertz CT molecular complexity index is 949. The van der Waals surface area contributed by atoms with Crippen molar-refractivity contribution in [3.63, 3.8) is 0 Å². The Balaban J connectivity index is 2.31. The highest BCUT2D eigenvalue weighted by Gasteiger charge is 2.15. The maximum Gasteiger partial charge on any atom is 0.337 e. The van der Waals surface area contributed by atoms with Gasteiger partial charge in [-0.2, -0.15) is 5.26 Å². The van der Waals surface area contributed by atoms with Gasteiger partial charge in [0.2, 0.25) is 0 Å². The summed E-state index contributed by atoms with van der Waals surface area (Å²) in [6, 6.07) is 14.5. The molecule has 0 aliphatic rings. The number of anilines is 1. The van der Waals surface area contributed by atoms with Gasteiger partial charge in [-0.1, -0.05) is 36.3 Å². The van der Waals surface area contributed by atoms with Gasteiger partial charge < -0.3 is 15.2 Å². The van der Waals surface area contributed by atoms with E-state index >= 15 is 0 Å². The molecular weight excluding hydrogens is 332 g/mol. The van der Waals surface area contributed by atoms with Crippen LogP contribution >= 0.6 is 0 Å². The van der Waals surface area contributed by atoms with Crippen molar-refractivity contribution >= 4 is 23.6 Å². The highest BCUT2D eigenvalue weighted by atomic mass is 16.5. The topological polar surface area (TPSA) is 99.4 Å². The first kappa shape index (κ1) is 18.3. The smallest absolute Gasteiger partial charge is 0.337 e. The zero-order valence-electron chi connectivity index (χ0n) is 13.6. The molecule has 6 heteroatoms. The molecule has 0 heterocycles. The number of aromatic carboxylic acids is 1. The first-order valence-corrected chi connectivity index (χ1v) is 7.47. The van der Waals surface area contributed by atoms with Gasteiger partial charge in [-0.15, -0.1) is 6.42 Å². The predicted octanol–water partition coefficient (Wildman–Crippen LogP) is 2.94. The van der Waals surface area contributed by atoms with E-state index in [1.54, 1.807) is 36.4 Å². The van der Waals surface area contributed by atoms with Crippen LogP contribution in [0.1, 0.15) is 15.9 Å². The van der Waals surface area contributed by atoms with Crippen LogP contribution in [-0.4, -0.2) is 23.6 Å². The third-order valence-corrected chi connectivity index (χ3v) is 3.30. The molecule has 0 fully saturated rings. The summed E-state index contributed by atoms with van der Waals surface area (Å²) >= 11 is 0. The lowest BCUT2D eigenvalue weighted by molar-refractivity contribution is -0.112. The minimum absolute atomic E-state index is 0.0466. The number of amides is 1. The van der Waals surface area contributed by atoms with Crippen LogP contribution in [0.25, 0.3) is 6.08 Å². The zero-order chi connectivity index (χ0) is 18.9. The van der Waals surface area contributed by atoms with Gasteiger partial charge >= 0.3 is 5.97 Å². The molecule has 2 rings (SSSR count). The van der Waals surface area contributed by atoms with Crippen molar-refractivity contribution in [3.8, 4) is 24.2 Å². The summed E-state index contributed by atoms with van der Waals surface area (Å²) in [6.07, 6.45) is 6.52. The minimum atomic E-state index is -1.18. The fraction of sp³-hybridized carbons (Fsp3) is 0.0500. The number of carbonyl (C=O) groups is 2. The zero-order valence-corrected chi connectivity index (χ0v) is 13.6. The molecule has 0 saturated heterocycles. The van der Waals surface area contributed by atoms with E-state index in [1.165, 1.54) is 18.2 Å². The Kier molecular flexibility index (Phi) is 6.14. The largest absolute Gasteiger partial charge is 0.480 e. The van der Waals surface area contributed by atoms with Gasteiger partial charge in [0.1, 0.15) is 24.0 Å². The summed E-state index contributed by atoms with van der Waals surface area (Å²) in [5, 5.41) is 20.9. The fourth-order valence-electron chi connectivity index (χ4n) is 2.12. The molecule has 0 aliphatic heterocycles. The van der Waals surface area contributed by atoms with E-state index in [4.69, 9.17) is 16.3 Å². The van der Waals surface area contributed by atoms with Crippen LogP contribution in [0.4, 0.5) is 5.69 Å². The average Bonchev–Trinajstić information content (AvgIpc) is 2.65. The van der Waals surface area contributed by atoms with Crippen molar-refractivity contribution in [1.82, 2.24) is 0 Å². The minimum Gasteiger partial charge on any atom is -0.480 e. The molecule has 1 amide bonds. The number of para-hydroxylation sites is 2. The van der Waals surface area contributed by atoms with Gasteiger partial charge in [0.25, 0.3) is 5.91 Å². The van der Waals surface area contributed by atoms with Gasteiger partial charge in [0.15, 0.2) is 0 Å². The van der Waals surface area contributed by atoms with Crippen molar-refractivity contribution in [2.75, 3.05) is 11.9 Å². The van der Waals surface area contributed by atoms with Gasteiger partial charge in [-0.3, -0.25) is 4.79 Å². The Morgan fingerprint density at radius 3 is 2.58 bits per heavy atom. The van der Waals surface area contributed by atoms with E-state index in [2.05, 4.69) is 11.2 Å². The third-order valence-electron chi connectivity index (χ3n) is 3.30. The second-order valence-corrected chi connectivity index (χ2v) is 5.01. The number of hydrogen-bond donors (Lipinski definition) is 2. The molecule has 2 aromatic rings. The Morgan fingerprint density at radius 2 is 1.88 bits per heavy atom. The number of rotatable bonds is 6. The van der Waals surface area contributed by atoms with Crippen LogP contribution in [0.2, 0.25) is 0 Å². The molecule has 0 atom stereocenters. The highest BCUT2D eigenvalue weighted by molar-refractivity contribution is 6.11. The number of nitrogens with one attached hydrogen (secondary N) is 1. The number of nitrogens with zero attached hydrogens (tertiary/aromatic N) is 1. The lowest BCUT2D eigenvalue weighted by Gasteiger charge is -2.09. The van der Waals surface area contributed by atoms with Crippen molar-refractivity contribution in [1.29, 1.82) is 5.26 Å². The number of hydrogen-bond acceptors (Lipinski definition) is 4. The SMILES string of the molecule is C#CCOc1ccccc1/C=C(\C#N)C(=O)Nc1ccccc1C(=O)O. The highest BCUT2D eigenvalue weighted by Crippen LogP contribution is 2.22. The van der Waals surface area contributed by atoms with E-state index < -0.39 is 11.9 Å². The number of nitriles is 1. The van der Waals surface area contributed by atoms with Gasteiger partial charge in [0, 0.05) is 5.56 Å². The van der Waals surface area contributed by atoms with Crippen LogP contribution < -0.4 is 10.1 Å². The monoisotopic (exact) mass is 346 g/mol. The van der Waals surface area contributed by atoms with Gasteiger partial charge in [0.05, 0.1) is 11.3 Å². The molecule has 2 N–H and O–H groups in total. The van der Waals surface area contributed by atoms with E-state index in [1.807, 2.05) is 6.07 Å². The Morgan fingerprint density at radius 1 is 1.19 bits per heavy atom. The third kappa shape index (κ3) is 4.50. The molecule has 0 unspecified atom stereocenters. The van der Waals surface area contributed by atoms with E-state index in [0.717, 1.165) is 0 Å². The number of benzene rings is 2. The van der Waals surface area contributed by atoms with Crippen LogP contribution in [-0.2, 0) is 4.79 Å². The molecular formula is C20H14N2O4. The molecule has 2 aromatic carbocycles. The predicted molar refractivity (Wildman–Crippen MR) is 96.4 cm³/mol. The Labute approximate surface area is 150 Å². The Hall–Kier alpha value is -4.03. The van der Waals surface area contributed by atoms with Crippen molar-refractivity contribution in [2.45, 2.75) is 0 Å². The van der Waals surface area contributed by atoms with E-state index in [9.17, 15) is 14.9 Å². The maximum atomic E-state index is 12.4. The normalized spacial score (nSPS) is 10.3. The summed E-state index contributed by atoms with van der Waals surface area (Å²) in [5.74, 6) is 0.855. The number of carboxylic acids is 1. The first-order valence-electron chi connectivity index (χ1n) is 7.47. The van der Waals surface area contributed by atoms with Gasteiger partial charge in [-0.25, -0.2) is 4.79 Å². The molecule has 26 heavy (non-hydrogen) atoms. The van der Waals surface area contributed by atoms with E-state index in [0.29, 0.717) is 11.3 Å². The summed E-state index contributed by atoms with van der Waals surface area (Å²) in [7, 11) is 0. The molecule has 6 nitrogen and oxygen atoms in total. The summed E-state index contributed by atoms with van der Waals surface area (Å²) in [6.45, 7) is 0.0466. The standard InChI is InChI=1S/C20H14N2O4/c1-2-11-26-18-10-6-3-7-14(18)12-15(13-21)19(23)22-17-9-5-4-8-16(17)20(24)25/h1,3-10,12H,11H2,(H,22,23)(H,24,25)/b15-12+. The second kappa shape index (κ2) is 8.72. The molecule has 0 spiro atoms. The molecule has 128 valence electrons. The number of carbonyl (C=O) groups excluding carboxylic acids is 1. The lowest BCUT2D eigenvalue weighted by Crippen LogP contribution is -2.16. The van der Waals surface area contributed by atoms with Crippen molar-refractivity contribution in [2.24, 2.45) is 0 Å². The first-order chi connectivity index (χ1) is 12.6. The molecule has 0 aliphatic carbocycles. The lowest BCUT2D eigenvalue weighted by atomic mass is 10.1. The van der Waals surface area contributed by atoms with Gasteiger partial charge in [-0.05, 0) is 24.3 Å². The van der Waals surface area contributed by atoms with Crippen molar-refractivity contribution in [3.05, 3.63) is 65.2 Å². The number of carboxylic acid groups (broad SMARTS) is 1. The molecule has 0 bridgehead atoms. The molecule has 0 radical (unpaired) electrons. The van der Waals surface area contributed by atoms with E-state index in [-0.39, 0.29) is 23.4 Å². The van der Waals surface area contributed by atoms with Crippen LogP contribution in [0.5, 0.6) is 5.75 Å². The quantitative estimate of drug-likeness (QED) is 0.476. The molecule has 0 saturated carbocycles. The second-order valence-electron chi connectivity index (χ2n) is 5.01. The molecule has 0 aromatic heterocycles. The average molecular weight is 346 g/mol. The van der Waals surface area contributed by atoms with Crippen LogP contribution in [0.3, 0.4) is 0 Å². The fourth-order valence-corrected chi connectivity index (χ4v) is 2.12. The van der Waals surface area contributed by atoms with Crippen molar-refractivity contribution < 1.29 is 19.4 Å². The summed E-state index contributed by atoms with van der Waals surface area (Å²) < 4.78 is 5.38. The van der Waals surface area contributed by atoms with Crippen LogP contribution in [0, 0.1) is 23.7 Å². The number of ether oxygens (including phenoxy) is 1.